The van der Waals surface area contributed by atoms with E-state index >= 15 is 0 Å². The van der Waals surface area contributed by atoms with Crippen LogP contribution in [0.25, 0.3) is 0 Å². The van der Waals surface area contributed by atoms with Crippen LogP contribution in [-0.2, 0) is 11.3 Å². The predicted octanol–water partition coefficient (Wildman–Crippen LogP) is 1.90. The van der Waals surface area contributed by atoms with Crippen LogP contribution in [0, 0.1) is 5.82 Å². The number of piperazine rings is 1. The Hall–Kier alpha value is -2.47. The Bertz CT molecular complexity index is 708. The second kappa shape index (κ2) is 6.75. The first-order valence-electron chi connectivity index (χ1n) is 7.45. The monoisotopic (exact) mass is 315 g/mol. The highest BCUT2D eigenvalue weighted by Gasteiger charge is 2.33. The van der Waals surface area contributed by atoms with E-state index in [0.717, 1.165) is 5.56 Å². The van der Waals surface area contributed by atoms with Crippen LogP contribution in [0.15, 0.2) is 42.6 Å². The standard InChI is InChI=1S/C17H18FN3O2/c1-23-17-12(5-4-8-20-17)11-21-10-9-19-16(22)15(21)13-6-2-3-7-14(13)18/h2-8,15H,9-11H2,1H3,(H,19,22)/t15-/m1/s1. The van der Waals surface area contributed by atoms with Gasteiger partial charge in [0.25, 0.3) is 0 Å². The summed E-state index contributed by atoms with van der Waals surface area (Å²) in [6.45, 7) is 1.62. The lowest BCUT2D eigenvalue weighted by atomic mass is 10.0. The minimum atomic E-state index is -0.658. The number of rotatable bonds is 4. The summed E-state index contributed by atoms with van der Waals surface area (Å²) in [5.41, 5.74) is 1.25. The van der Waals surface area contributed by atoms with Gasteiger partial charge in [0.15, 0.2) is 0 Å². The first kappa shape index (κ1) is 15.4. The number of carbonyl (C=O) groups is 1. The van der Waals surface area contributed by atoms with E-state index in [2.05, 4.69) is 10.3 Å². The van der Waals surface area contributed by atoms with Crippen LogP contribution in [-0.4, -0.2) is 36.0 Å². The minimum Gasteiger partial charge on any atom is -0.481 e. The molecule has 1 aromatic carbocycles. The fraction of sp³-hybridized carbons (Fsp3) is 0.294. The summed E-state index contributed by atoms with van der Waals surface area (Å²) in [6, 6.07) is 9.45. The van der Waals surface area contributed by atoms with Crippen LogP contribution < -0.4 is 10.1 Å². The van der Waals surface area contributed by atoms with Gasteiger partial charge in [-0.1, -0.05) is 24.3 Å². The number of nitrogens with one attached hydrogen (secondary N) is 1. The Morgan fingerprint density at radius 3 is 2.96 bits per heavy atom. The third kappa shape index (κ3) is 3.17. The first-order chi connectivity index (χ1) is 11.2. The van der Waals surface area contributed by atoms with Gasteiger partial charge < -0.3 is 10.1 Å². The van der Waals surface area contributed by atoms with Crippen molar-refractivity contribution in [2.24, 2.45) is 0 Å². The normalized spacial score (nSPS) is 18.5. The van der Waals surface area contributed by atoms with E-state index in [4.69, 9.17) is 4.74 Å². The molecule has 1 fully saturated rings. The summed E-state index contributed by atoms with van der Waals surface area (Å²) >= 11 is 0. The molecule has 6 heteroatoms. The number of hydrogen-bond acceptors (Lipinski definition) is 4. The lowest BCUT2D eigenvalue weighted by molar-refractivity contribution is -0.129. The molecule has 0 spiro atoms. The lowest BCUT2D eigenvalue weighted by Gasteiger charge is -2.35. The summed E-state index contributed by atoms with van der Waals surface area (Å²) in [6.07, 6.45) is 1.65. The van der Waals surface area contributed by atoms with Crippen molar-refractivity contribution in [1.29, 1.82) is 0 Å². The quantitative estimate of drug-likeness (QED) is 0.936. The van der Waals surface area contributed by atoms with Crippen LogP contribution in [0.4, 0.5) is 4.39 Å². The highest BCUT2D eigenvalue weighted by molar-refractivity contribution is 5.84. The zero-order chi connectivity index (χ0) is 16.2. The van der Waals surface area contributed by atoms with Crippen LogP contribution in [0.2, 0.25) is 0 Å². The second-order valence-electron chi connectivity index (χ2n) is 5.36. The van der Waals surface area contributed by atoms with Gasteiger partial charge in [0.05, 0.1) is 7.11 Å². The zero-order valence-corrected chi connectivity index (χ0v) is 12.8. The van der Waals surface area contributed by atoms with Crippen molar-refractivity contribution in [1.82, 2.24) is 15.2 Å². The topological polar surface area (TPSA) is 54.5 Å². The van der Waals surface area contributed by atoms with Gasteiger partial charge in [0.2, 0.25) is 11.8 Å². The van der Waals surface area contributed by atoms with E-state index < -0.39 is 6.04 Å². The Kier molecular flexibility index (Phi) is 4.52. The molecule has 1 saturated heterocycles. The molecule has 1 aromatic heterocycles. The molecular formula is C17H18FN3O2. The molecule has 1 aliphatic rings. The average Bonchev–Trinajstić information content (AvgIpc) is 2.57. The number of aromatic nitrogens is 1. The number of benzene rings is 1. The zero-order valence-electron chi connectivity index (χ0n) is 12.8. The number of amides is 1. The molecule has 1 aliphatic heterocycles. The van der Waals surface area contributed by atoms with Gasteiger partial charge in [0.1, 0.15) is 11.9 Å². The number of halogens is 1. The molecule has 0 unspecified atom stereocenters. The molecule has 1 N–H and O–H groups in total. The number of ether oxygens (including phenoxy) is 1. The number of pyridine rings is 1. The Balaban J connectivity index is 1.92. The van der Waals surface area contributed by atoms with Gasteiger partial charge in [-0.25, -0.2) is 9.37 Å². The van der Waals surface area contributed by atoms with Crippen molar-refractivity contribution in [3.05, 3.63) is 59.5 Å². The van der Waals surface area contributed by atoms with E-state index in [0.29, 0.717) is 31.1 Å². The maximum absolute atomic E-state index is 14.2. The molecule has 2 heterocycles. The number of methoxy groups -OCH3 is 1. The van der Waals surface area contributed by atoms with Crippen LogP contribution >= 0.6 is 0 Å². The molecular weight excluding hydrogens is 297 g/mol. The molecule has 0 aliphatic carbocycles. The summed E-state index contributed by atoms with van der Waals surface area (Å²) in [5.74, 6) is -0.0484. The van der Waals surface area contributed by atoms with Crippen molar-refractivity contribution >= 4 is 5.91 Å². The highest BCUT2D eigenvalue weighted by Crippen LogP contribution is 2.28. The van der Waals surface area contributed by atoms with Gasteiger partial charge in [0, 0.05) is 37.0 Å². The predicted molar refractivity (Wildman–Crippen MR) is 83.3 cm³/mol. The van der Waals surface area contributed by atoms with E-state index in [9.17, 15) is 9.18 Å². The van der Waals surface area contributed by atoms with Gasteiger partial charge in [-0.3, -0.25) is 9.69 Å². The average molecular weight is 315 g/mol. The van der Waals surface area contributed by atoms with Crippen LogP contribution in [0.1, 0.15) is 17.2 Å². The lowest BCUT2D eigenvalue weighted by Crippen LogP contribution is -2.49. The van der Waals surface area contributed by atoms with E-state index in [-0.39, 0.29) is 11.7 Å². The van der Waals surface area contributed by atoms with Crippen molar-refractivity contribution < 1.29 is 13.9 Å². The van der Waals surface area contributed by atoms with Gasteiger partial charge in [-0.15, -0.1) is 0 Å². The first-order valence-corrected chi connectivity index (χ1v) is 7.45. The molecule has 120 valence electrons. The Morgan fingerprint density at radius 1 is 1.35 bits per heavy atom. The number of carbonyl (C=O) groups excluding carboxylic acids is 1. The van der Waals surface area contributed by atoms with E-state index in [1.54, 1.807) is 31.5 Å². The maximum Gasteiger partial charge on any atom is 0.242 e. The SMILES string of the molecule is COc1ncccc1CN1CCNC(=O)[C@H]1c1ccccc1F. The fourth-order valence-corrected chi connectivity index (χ4v) is 2.87. The van der Waals surface area contributed by atoms with E-state index in [1.165, 1.54) is 6.07 Å². The Labute approximate surface area is 134 Å². The summed E-state index contributed by atoms with van der Waals surface area (Å²) in [7, 11) is 1.56. The summed E-state index contributed by atoms with van der Waals surface area (Å²) < 4.78 is 19.4. The second-order valence-corrected chi connectivity index (χ2v) is 5.36. The number of nitrogens with zero attached hydrogens (tertiary/aromatic N) is 2. The third-order valence-electron chi connectivity index (χ3n) is 3.93. The van der Waals surface area contributed by atoms with Gasteiger partial charge >= 0.3 is 0 Å². The van der Waals surface area contributed by atoms with Crippen molar-refractivity contribution in [2.75, 3.05) is 20.2 Å². The number of hydrogen-bond donors (Lipinski definition) is 1. The molecule has 0 radical (unpaired) electrons. The molecule has 0 saturated carbocycles. The Morgan fingerprint density at radius 2 is 2.17 bits per heavy atom. The highest BCUT2D eigenvalue weighted by atomic mass is 19.1. The van der Waals surface area contributed by atoms with Crippen LogP contribution in [0.5, 0.6) is 5.88 Å². The fourth-order valence-electron chi connectivity index (χ4n) is 2.87. The molecule has 3 rings (SSSR count). The minimum absolute atomic E-state index is 0.191. The molecule has 1 atom stereocenters. The molecule has 5 nitrogen and oxygen atoms in total. The van der Waals surface area contributed by atoms with Crippen molar-refractivity contribution in [3.8, 4) is 5.88 Å². The van der Waals surface area contributed by atoms with Gasteiger partial charge in [-0.05, 0) is 12.1 Å². The molecule has 23 heavy (non-hydrogen) atoms. The summed E-state index contributed by atoms with van der Waals surface area (Å²) in [4.78, 5) is 18.5. The van der Waals surface area contributed by atoms with Crippen LogP contribution in [0.3, 0.4) is 0 Å². The molecule has 0 bridgehead atoms. The van der Waals surface area contributed by atoms with Crippen molar-refractivity contribution in [3.63, 3.8) is 0 Å². The maximum atomic E-state index is 14.2. The smallest absolute Gasteiger partial charge is 0.242 e. The third-order valence-corrected chi connectivity index (χ3v) is 3.93. The summed E-state index contributed by atoms with van der Waals surface area (Å²) in [5, 5.41) is 2.81. The molecule has 1 amide bonds. The van der Waals surface area contributed by atoms with Gasteiger partial charge in [-0.2, -0.15) is 0 Å². The van der Waals surface area contributed by atoms with E-state index in [1.807, 2.05) is 17.0 Å². The van der Waals surface area contributed by atoms with Crippen molar-refractivity contribution in [2.45, 2.75) is 12.6 Å². The largest absolute Gasteiger partial charge is 0.481 e. The molecule has 2 aromatic rings.